The molecule has 7 nitrogen and oxygen atoms in total. The van der Waals surface area contributed by atoms with Gasteiger partial charge in [-0.25, -0.2) is 4.79 Å². The molecule has 0 aromatic heterocycles. The third-order valence-corrected chi connectivity index (χ3v) is 2.98. The number of carbonyl (C=O) groups is 3. The Morgan fingerprint density at radius 2 is 2.24 bits per heavy atom. The fourth-order valence-corrected chi connectivity index (χ4v) is 2.03. The minimum Gasteiger partial charge on any atom is -0.391 e. The Morgan fingerprint density at radius 1 is 1.47 bits per heavy atom. The molecular weight excluding hydrogens is 226 g/mol. The molecule has 1 atom stereocenters. The van der Waals surface area contributed by atoms with Gasteiger partial charge >= 0.3 is 6.03 Å². The molecule has 0 aromatic carbocycles. The molecule has 94 valence electrons. The first-order valence-electron chi connectivity index (χ1n) is 5.62. The van der Waals surface area contributed by atoms with Crippen molar-refractivity contribution in [2.45, 2.75) is 18.9 Å². The summed E-state index contributed by atoms with van der Waals surface area (Å²) < 4.78 is 0. The maximum absolute atomic E-state index is 11.8. The van der Waals surface area contributed by atoms with Crippen molar-refractivity contribution in [3.05, 3.63) is 0 Å². The SMILES string of the molecule is O=C(CN1C(=O)CNC1=O)N1CCCC(O)C1. The zero-order valence-corrected chi connectivity index (χ0v) is 9.39. The van der Waals surface area contributed by atoms with E-state index >= 15 is 0 Å². The van der Waals surface area contributed by atoms with Gasteiger partial charge in [0.25, 0.3) is 5.91 Å². The summed E-state index contributed by atoms with van der Waals surface area (Å²) in [5.41, 5.74) is 0. The van der Waals surface area contributed by atoms with Crippen LogP contribution in [0.5, 0.6) is 0 Å². The molecule has 0 bridgehead atoms. The van der Waals surface area contributed by atoms with Gasteiger partial charge < -0.3 is 15.3 Å². The van der Waals surface area contributed by atoms with E-state index in [1.165, 1.54) is 4.90 Å². The Kier molecular flexibility index (Phi) is 3.28. The summed E-state index contributed by atoms with van der Waals surface area (Å²) in [6, 6.07) is -0.527. The number of hydrogen-bond acceptors (Lipinski definition) is 4. The van der Waals surface area contributed by atoms with Gasteiger partial charge in [-0.05, 0) is 12.8 Å². The molecular formula is C10H15N3O4. The van der Waals surface area contributed by atoms with Crippen molar-refractivity contribution < 1.29 is 19.5 Å². The molecule has 2 heterocycles. The minimum atomic E-state index is -0.527. The summed E-state index contributed by atoms with van der Waals surface area (Å²) in [4.78, 5) is 36.8. The average Bonchev–Trinajstić information content (AvgIpc) is 2.61. The molecule has 0 spiro atoms. The largest absolute Gasteiger partial charge is 0.391 e. The molecule has 0 aliphatic carbocycles. The molecule has 2 fully saturated rings. The molecule has 4 amide bonds. The highest BCUT2D eigenvalue weighted by Gasteiger charge is 2.32. The quantitative estimate of drug-likeness (QED) is 0.577. The Bertz CT molecular complexity index is 341. The Labute approximate surface area is 98.4 Å². The third kappa shape index (κ3) is 2.55. The summed E-state index contributed by atoms with van der Waals surface area (Å²) in [6.07, 6.45) is 0.927. The van der Waals surface area contributed by atoms with E-state index in [0.29, 0.717) is 13.0 Å². The lowest BCUT2D eigenvalue weighted by atomic mass is 10.1. The van der Waals surface area contributed by atoms with Crippen molar-refractivity contribution >= 4 is 17.8 Å². The van der Waals surface area contributed by atoms with Gasteiger partial charge in [-0.3, -0.25) is 14.5 Å². The second-order valence-electron chi connectivity index (χ2n) is 4.27. The number of piperidine rings is 1. The molecule has 1 unspecified atom stereocenters. The molecule has 2 rings (SSSR count). The van der Waals surface area contributed by atoms with E-state index in [-0.39, 0.29) is 31.4 Å². The maximum atomic E-state index is 11.8. The number of hydrogen-bond donors (Lipinski definition) is 2. The van der Waals surface area contributed by atoms with E-state index in [1.807, 2.05) is 0 Å². The van der Waals surface area contributed by atoms with E-state index < -0.39 is 12.1 Å². The van der Waals surface area contributed by atoms with Crippen LogP contribution in [0, 0.1) is 0 Å². The van der Waals surface area contributed by atoms with Crippen molar-refractivity contribution in [1.82, 2.24) is 15.1 Å². The molecule has 17 heavy (non-hydrogen) atoms. The lowest BCUT2D eigenvalue weighted by molar-refractivity contribution is -0.138. The van der Waals surface area contributed by atoms with Crippen molar-refractivity contribution in [1.29, 1.82) is 0 Å². The van der Waals surface area contributed by atoms with Gasteiger partial charge in [-0.15, -0.1) is 0 Å². The van der Waals surface area contributed by atoms with Gasteiger partial charge in [0.2, 0.25) is 5.91 Å². The maximum Gasteiger partial charge on any atom is 0.325 e. The number of aliphatic hydroxyl groups is 1. The first kappa shape index (κ1) is 11.8. The first-order valence-corrected chi connectivity index (χ1v) is 5.62. The molecule has 2 N–H and O–H groups in total. The van der Waals surface area contributed by atoms with Gasteiger partial charge in [-0.1, -0.05) is 0 Å². The van der Waals surface area contributed by atoms with Crippen LogP contribution in [-0.4, -0.2) is 65.0 Å². The van der Waals surface area contributed by atoms with Crippen LogP contribution in [0.1, 0.15) is 12.8 Å². The van der Waals surface area contributed by atoms with Gasteiger partial charge in [-0.2, -0.15) is 0 Å². The van der Waals surface area contributed by atoms with Crippen molar-refractivity contribution in [3.63, 3.8) is 0 Å². The number of aliphatic hydroxyl groups excluding tert-OH is 1. The van der Waals surface area contributed by atoms with Crippen LogP contribution in [0.2, 0.25) is 0 Å². The highest BCUT2D eigenvalue weighted by atomic mass is 16.3. The number of β-amino-alcohol motifs (C(OH)–C–C–N with tert-alkyl or cyclic N) is 1. The number of carbonyl (C=O) groups excluding carboxylic acids is 3. The second-order valence-corrected chi connectivity index (χ2v) is 4.27. The summed E-state index contributed by atoms with van der Waals surface area (Å²) in [7, 11) is 0. The van der Waals surface area contributed by atoms with Gasteiger partial charge in [0, 0.05) is 13.1 Å². The average molecular weight is 241 g/mol. The number of urea groups is 1. The Hall–Kier alpha value is -1.63. The number of rotatable bonds is 2. The van der Waals surface area contributed by atoms with Crippen LogP contribution in [0.3, 0.4) is 0 Å². The minimum absolute atomic E-state index is 0.0469. The summed E-state index contributed by atoms with van der Waals surface area (Å²) in [6.45, 7) is 0.564. The zero-order valence-electron chi connectivity index (χ0n) is 9.39. The second kappa shape index (κ2) is 4.70. The normalized spacial score (nSPS) is 25.1. The fraction of sp³-hybridized carbons (Fsp3) is 0.700. The lowest BCUT2D eigenvalue weighted by Crippen LogP contribution is -2.47. The van der Waals surface area contributed by atoms with Crippen LogP contribution >= 0.6 is 0 Å². The van der Waals surface area contributed by atoms with E-state index in [0.717, 1.165) is 11.3 Å². The van der Waals surface area contributed by atoms with E-state index in [4.69, 9.17) is 0 Å². The highest BCUT2D eigenvalue weighted by Crippen LogP contribution is 2.11. The van der Waals surface area contributed by atoms with Crippen LogP contribution in [0.25, 0.3) is 0 Å². The van der Waals surface area contributed by atoms with Gasteiger partial charge in [0.15, 0.2) is 0 Å². The summed E-state index contributed by atoms with van der Waals surface area (Å²) in [5.74, 6) is -0.685. The Morgan fingerprint density at radius 3 is 2.82 bits per heavy atom. The van der Waals surface area contributed by atoms with Crippen LogP contribution in [-0.2, 0) is 9.59 Å². The zero-order chi connectivity index (χ0) is 12.4. The number of nitrogens with one attached hydrogen (secondary N) is 1. The predicted octanol–water partition coefficient (Wildman–Crippen LogP) is -1.48. The molecule has 2 aliphatic rings. The smallest absolute Gasteiger partial charge is 0.325 e. The lowest BCUT2D eigenvalue weighted by Gasteiger charge is -2.30. The summed E-state index contributed by atoms with van der Waals surface area (Å²) in [5, 5.41) is 11.8. The van der Waals surface area contributed by atoms with E-state index in [1.54, 1.807) is 0 Å². The molecule has 7 heteroatoms. The van der Waals surface area contributed by atoms with Crippen molar-refractivity contribution in [2.24, 2.45) is 0 Å². The van der Waals surface area contributed by atoms with Crippen LogP contribution < -0.4 is 5.32 Å². The van der Waals surface area contributed by atoms with Crippen molar-refractivity contribution in [2.75, 3.05) is 26.2 Å². The van der Waals surface area contributed by atoms with E-state index in [2.05, 4.69) is 5.32 Å². The number of imide groups is 1. The molecule has 2 saturated heterocycles. The number of likely N-dealkylation sites (tertiary alicyclic amines) is 1. The van der Waals surface area contributed by atoms with Crippen LogP contribution in [0.4, 0.5) is 4.79 Å². The van der Waals surface area contributed by atoms with E-state index in [9.17, 15) is 19.5 Å². The van der Waals surface area contributed by atoms with Crippen molar-refractivity contribution in [3.8, 4) is 0 Å². The highest BCUT2D eigenvalue weighted by molar-refractivity contribution is 6.04. The molecule has 0 saturated carbocycles. The number of nitrogens with zero attached hydrogens (tertiary/aromatic N) is 2. The van der Waals surface area contributed by atoms with Gasteiger partial charge in [0.05, 0.1) is 12.6 Å². The molecule has 2 aliphatic heterocycles. The first-order chi connectivity index (χ1) is 8.08. The predicted molar refractivity (Wildman–Crippen MR) is 56.9 cm³/mol. The molecule has 0 radical (unpaired) electrons. The monoisotopic (exact) mass is 241 g/mol. The molecule has 0 aromatic rings. The summed E-state index contributed by atoms with van der Waals surface area (Å²) >= 11 is 0. The third-order valence-electron chi connectivity index (χ3n) is 2.98. The van der Waals surface area contributed by atoms with Gasteiger partial charge in [0.1, 0.15) is 6.54 Å². The standard InChI is InChI=1S/C10H15N3O4/c14-7-2-1-3-12(5-7)9(16)6-13-8(15)4-11-10(13)17/h7,14H,1-6H2,(H,11,17). The number of amides is 4. The topological polar surface area (TPSA) is 90.0 Å². The Balaban J connectivity index is 1.92. The van der Waals surface area contributed by atoms with Crippen LogP contribution in [0.15, 0.2) is 0 Å². The fourth-order valence-electron chi connectivity index (χ4n) is 2.03.